The normalized spacial score (nSPS) is 10.0. The summed E-state index contributed by atoms with van der Waals surface area (Å²) in [6.07, 6.45) is 0. The third-order valence-electron chi connectivity index (χ3n) is 1.83. The Labute approximate surface area is 86.5 Å². The number of rotatable bonds is 4. The summed E-state index contributed by atoms with van der Waals surface area (Å²) in [7, 11) is 0. The average molecular weight is 212 g/mol. The molecular weight excluding hydrogens is 200 g/mol. The minimum atomic E-state index is -1.05. The van der Waals surface area contributed by atoms with Crippen molar-refractivity contribution in [2.45, 2.75) is 13.8 Å². The first-order valence-corrected chi connectivity index (χ1v) is 4.49. The zero-order valence-corrected chi connectivity index (χ0v) is 8.56. The monoisotopic (exact) mass is 212 g/mol. The molecule has 1 rings (SSSR count). The van der Waals surface area contributed by atoms with E-state index in [1.54, 1.807) is 13.8 Å². The van der Waals surface area contributed by atoms with E-state index in [1.807, 2.05) is 0 Å². The van der Waals surface area contributed by atoms with Crippen molar-refractivity contribution >= 4 is 11.9 Å². The van der Waals surface area contributed by atoms with Crippen LogP contribution in [0, 0.1) is 6.92 Å². The average Bonchev–Trinajstić information content (AvgIpc) is 2.60. The quantitative estimate of drug-likeness (QED) is 0.787. The van der Waals surface area contributed by atoms with Gasteiger partial charge in [-0.1, -0.05) is 5.16 Å². The Morgan fingerprint density at radius 3 is 2.67 bits per heavy atom. The molecule has 0 atom stereocenters. The Hall–Kier alpha value is -1.85. The predicted octanol–water partition coefficient (Wildman–Crippen LogP) is 0.530. The van der Waals surface area contributed by atoms with Crippen LogP contribution in [0.1, 0.15) is 23.2 Å². The van der Waals surface area contributed by atoms with Crippen LogP contribution in [0.2, 0.25) is 0 Å². The van der Waals surface area contributed by atoms with Gasteiger partial charge < -0.3 is 14.5 Å². The van der Waals surface area contributed by atoms with Crippen molar-refractivity contribution in [2.24, 2.45) is 0 Å². The Bertz CT molecular complexity index is 372. The largest absolute Gasteiger partial charge is 0.480 e. The van der Waals surface area contributed by atoms with E-state index in [1.165, 1.54) is 11.0 Å². The molecule has 0 bridgehead atoms. The third-order valence-corrected chi connectivity index (χ3v) is 1.83. The molecule has 0 radical (unpaired) electrons. The number of nitrogens with zero attached hydrogens (tertiary/aromatic N) is 2. The number of carboxylic acid groups (broad SMARTS) is 1. The number of carbonyl (C=O) groups excluding carboxylic acids is 1. The fraction of sp³-hybridized carbons (Fsp3) is 0.444. The van der Waals surface area contributed by atoms with Crippen LogP contribution in [0.5, 0.6) is 0 Å². The van der Waals surface area contributed by atoms with Crippen LogP contribution < -0.4 is 0 Å². The molecule has 0 aromatic carbocycles. The van der Waals surface area contributed by atoms with E-state index in [4.69, 9.17) is 9.63 Å². The van der Waals surface area contributed by atoms with Crippen molar-refractivity contribution < 1.29 is 19.2 Å². The van der Waals surface area contributed by atoms with Gasteiger partial charge in [-0.2, -0.15) is 0 Å². The maximum atomic E-state index is 11.7. The Balaban J connectivity index is 2.77. The fourth-order valence-electron chi connectivity index (χ4n) is 1.11. The van der Waals surface area contributed by atoms with Crippen molar-refractivity contribution in [1.29, 1.82) is 0 Å². The zero-order valence-electron chi connectivity index (χ0n) is 8.56. The minimum absolute atomic E-state index is 0.0654. The van der Waals surface area contributed by atoms with Gasteiger partial charge in [0.05, 0.1) is 5.69 Å². The van der Waals surface area contributed by atoms with Crippen LogP contribution in [-0.4, -0.2) is 40.1 Å². The van der Waals surface area contributed by atoms with E-state index in [9.17, 15) is 9.59 Å². The van der Waals surface area contributed by atoms with Crippen molar-refractivity contribution in [2.75, 3.05) is 13.1 Å². The maximum absolute atomic E-state index is 11.7. The lowest BCUT2D eigenvalue weighted by atomic mass is 10.3. The molecule has 15 heavy (non-hydrogen) atoms. The van der Waals surface area contributed by atoms with Crippen LogP contribution in [0.15, 0.2) is 10.6 Å². The molecule has 0 aliphatic carbocycles. The van der Waals surface area contributed by atoms with Gasteiger partial charge in [-0.3, -0.25) is 9.59 Å². The molecule has 1 amide bonds. The molecule has 6 nitrogen and oxygen atoms in total. The summed E-state index contributed by atoms with van der Waals surface area (Å²) in [4.78, 5) is 23.3. The smallest absolute Gasteiger partial charge is 0.323 e. The molecule has 0 saturated heterocycles. The predicted molar refractivity (Wildman–Crippen MR) is 50.5 cm³/mol. The molecule has 6 heteroatoms. The summed E-state index contributed by atoms with van der Waals surface area (Å²) < 4.78 is 4.76. The van der Waals surface area contributed by atoms with Crippen molar-refractivity contribution in [3.8, 4) is 0 Å². The standard InChI is InChI=1S/C9H12N2O4/c1-3-11(5-8(12)13)9(14)7-4-6(2)10-15-7/h4H,3,5H2,1-2H3,(H,12,13). The molecule has 0 aliphatic rings. The number of aliphatic carboxylic acids is 1. The van der Waals surface area contributed by atoms with Crippen LogP contribution in [0.25, 0.3) is 0 Å². The molecule has 0 unspecified atom stereocenters. The molecule has 1 aromatic rings. The lowest BCUT2D eigenvalue weighted by molar-refractivity contribution is -0.137. The van der Waals surface area contributed by atoms with E-state index in [-0.39, 0.29) is 12.3 Å². The van der Waals surface area contributed by atoms with E-state index in [0.29, 0.717) is 12.2 Å². The second-order valence-electron chi connectivity index (χ2n) is 3.05. The summed E-state index contributed by atoms with van der Waals surface area (Å²) in [6, 6.07) is 1.48. The van der Waals surface area contributed by atoms with Gasteiger partial charge in [-0.15, -0.1) is 0 Å². The Morgan fingerprint density at radius 1 is 1.60 bits per heavy atom. The number of carboxylic acids is 1. The number of aryl methyl sites for hydroxylation is 1. The maximum Gasteiger partial charge on any atom is 0.323 e. The summed E-state index contributed by atoms with van der Waals surface area (Å²) in [5.41, 5.74) is 0.588. The van der Waals surface area contributed by atoms with Gasteiger partial charge in [0.25, 0.3) is 5.91 Å². The SMILES string of the molecule is CCN(CC(=O)O)C(=O)c1cc(C)no1. The van der Waals surface area contributed by atoms with Crippen LogP contribution in [0.3, 0.4) is 0 Å². The number of amides is 1. The van der Waals surface area contributed by atoms with Gasteiger partial charge in [0, 0.05) is 12.6 Å². The van der Waals surface area contributed by atoms with Gasteiger partial charge in [0.1, 0.15) is 6.54 Å². The summed E-state index contributed by atoms with van der Waals surface area (Å²) in [6.45, 7) is 3.36. The highest BCUT2D eigenvalue weighted by atomic mass is 16.5. The number of hydrogen-bond acceptors (Lipinski definition) is 4. The lowest BCUT2D eigenvalue weighted by Crippen LogP contribution is -2.35. The summed E-state index contributed by atoms with van der Waals surface area (Å²) >= 11 is 0. The third kappa shape index (κ3) is 2.80. The summed E-state index contributed by atoms with van der Waals surface area (Å²) in [5.74, 6) is -1.45. The minimum Gasteiger partial charge on any atom is -0.480 e. The summed E-state index contributed by atoms with van der Waals surface area (Å²) in [5, 5.41) is 12.1. The van der Waals surface area contributed by atoms with Crippen molar-refractivity contribution in [1.82, 2.24) is 10.1 Å². The number of hydrogen-bond donors (Lipinski definition) is 1. The second-order valence-corrected chi connectivity index (χ2v) is 3.05. The Kier molecular flexibility index (Phi) is 3.43. The van der Waals surface area contributed by atoms with Crippen LogP contribution >= 0.6 is 0 Å². The van der Waals surface area contributed by atoms with Gasteiger partial charge in [-0.05, 0) is 13.8 Å². The van der Waals surface area contributed by atoms with Gasteiger partial charge in [-0.25, -0.2) is 0 Å². The topological polar surface area (TPSA) is 83.6 Å². The lowest BCUT2D eigenvalue weighted by Gasteiger charge is -2.16. The molecule has 0 spiro atoms. The van der Waals surface area contributed by atoms with E-state index in [2.05, 4.69) is 5.16 Å². The molecule has 82 valence electrons. The zero-order chi connectivity index (χ0) is 11.4. The molecule has 1 aromatic heterocycles. The van der Waals surface area contributed by atoms with E-state index >= 15 is 0 Å². The molecule has 1 N–H and O–H groups in total. The molecule has 0 fully saturated rings. The highest BCUT2D eigenvalue weighted by Crippen LogP contribution is 2.06. The highest BCUT2D eigenvalue weighted by molar-refractivity contribution is 5.93. The van der Waals surface area contributed by atoms with Gasteiger partial charge >= 0.3 is 5.97 Å². The molecular formula is C9H12N2O4. The number of aromatic nitrogens is 1. The van der Waals surface area contributed by atoms with E-state index < -0.39 is 11.9 Å². The molecule has 0 saturated carbocycles. The van der Waals surface area contributed by atoms with Gasteiger partial charge in [0.15, 0.2) is 0 Å². The fourth-order valence-corrected chi connectivity index (χ4v) is 1.11. The first-order chi connectivity index (χ1) is 7.04. The first-order valence-electron chi connectivity index (χ1n) is 4.49. The number of likely N-dealkylation sites (N-methyl/N-ethyl adjacent to an activating group) is 1. The molecule has 0 aliphatic heterocycles. The van der Waals surface area contributed by atoms with Crippen LogP contribution in [0.4, 0.5) is 0 Å². The van der Waals surface area contributed by atoms with E-state index in [0.717, 1.165) is 0 Å². The Morgan fingerprint density at radius 2 is 2.27 bits per heavy atom. The number of carbonyl (C=O) groups is 2. The second kappa shape index (κ2) is 4.59. The van der Waals surface area contributed by atoms with Crippen molar-refractivity contribution in [3.63, 3.8) is 0 Å². The molecule has 1 heterocycles. The highest BCUT2D eigenvalue weighted by Gasteiger charge is 2.20. The van der Waals surface area contributed by atoms with Crippen LogP contribution in [-0.2, 0) is 4.79 Å². The first kappa shape index (κ1) is 11.2. The van der Waals surface area contributed by atoms with Crippen molar-refractivity contribution in [3.05, 3.63) is 17.5 Å². The van der Waals surface area contributed by atoms with Gasteiger partial charge in [0.2, 0.25) is 5.76 Å².